The van der Waals surface area contributed by atoms with Crippen molar-refractivity contribution in [1.29, 1.82) is 0 Å². The van der Waals surface area contributed by atoms with Gasteiger partial charge in [0.25, 0.3) is 5.56 Å². The third kappa shape index (κ3) is 2.36. The minimum absolute atomic E-state index is 0.239. The summed E-state index contributed by atoms with van der Waals surface area (Å²) in [6.45, 7) is 0. The number of aromatic nitrogens is 3. The van der Waals surface area contributed by atoms with Gasteiger partial charge in [-0.05, 0) is 46.9 Å². The average Bonchev–Trinajstić information content (AvgIpc) is 2.47. The summed E-state index contributed by atoms with van der Waals surface area (Å²) < 4.78 is 6.08. The van der Waals surface area contributed by atoms with Gasteiger partial charge in [-0.2, -0.15) is 0 Å². The molecule has 0 aliphatic heterocycles. The number of aromatic amines is 1. The lowest BCUT2D eigenvalue weighted by Crippen LogP contribution is -2.11. The Labute approximate surface area is 132 Å². The molecule has 0 amide bonds. The number of H-pyrrole nitrogens is 1. The van der Waals surface area contributed by atoms with Crippen LogP contribution in [0.5, 0.6) is 11.6 Å². The Hall–Kier alpha value is -1.67. The number of fused-ring (bicyclic) bond motifs is 1. The molecule has 0 aliphatic rings. The molecule has 0 atom stereocenters. The normalized spacial score (nSPS) is 10.7. The van der Waals surface area contributed by atoms with Crippen LogP contribution in [-0.4, -0.2) is 15.0 Å². The summed E-state index contributed by atoms with van der Waals surface area (Å²) in [6, 6.07) is 7.08. The van der Waals surface area contributed by atoms with Crippen LogP contribution in [-0.2, 0) is 0 Å². The Bertz CT molecular complexity index is 850. The molecule has 0 unspecified atom stereocenters. The number of hydrogen-bond donors (Lipinski definition) is 1. The van der Waals surface area contributed by atoms with Crippen LogP contribution < -0.4 is 10.3 Å². The second kappa shape index (κ2) is 5.37. The molecule has 0 spiro atoms. The van der Waals surface area contributed by atoms with Crippen LogP contribution in [0.1, 0.15) is 0 Å². The first-order chi connectivity index (χ1) is 9.66. The fraction of sp³-hybridized carbons (Fsp3) is 0. The van der Waals surface area contributed by atoms with Gasteiger partial charge in [-0.15, -0.1) is 0 Å². The highest BCUT2D eigenvalue weighted by molar-refractivity contribution is 14.1. The van der Waals surface area contributed by atoms with E-state index in [9.17, 15) is 4.79 Å². The van der Waals surface area contributed by atoms with Crippen molar-refractivity contribution in [1.82, 2.24) is 15.0 Å². The lowest BCUT2D eigenvalue weighted by Gasteiger charge is -2.09. The van der Waals surface area contributed by atoms with Gasteiger partial charge in [0.1, 0.15) is 9.09 Å². The summed E-state index contributed by atoms with van der Waals surface area (Å²) in [5.74, 6) is 0.740. The van der Waals surface area contributed by atoms with Crippen molar-refractivity contribution in [2.45, 2.75) is 0 Å². The third-order valence-electron chi connectivity index (χ3n) is 2.65. The maximum Gasteiger partial charge on any atom is 0.268 e. The molecule has 0 fully saturated rings. The number of nitrogens with zero attached hydrogens (tertiary/aromatic N) is 2. The summed E-state index contributed by atoms with van der Waals surface area (Å²) in [6.07, 6.45) is 2.95. The Morgan fingerprint density at radius 1 is 1.25 bits per heavy atom. The molecule has 100 valence electrons. The van der Waals surface area contributed by atoms with Gasteiger partial charge in [0.05, 0.1) is 11.3 Å². The van der Waals surface area contributed by atoms with Crippen LogP contribution in [0.4, 0.5) is 0 Å². The van der Waals surface area contributed by atoms with Gasteiger partial charge in [-0.1, -0.05) is 11.6 Å². The van der Waals surface area contributed by atoms with Gasteiger partial charge in [0.2, 0.25) is 5.88 Å². The second-order valence-corrected chi connectivity index (χ2v) is 5.38. The molecule has 3 aromatic rings. The smallest absolute Gasteiger partial charge is 0.268 e. The molecule has 20 heavy (non-hydrogen) atoms. The minimum atomic E-state index is -0.248. The van der Waals surface area contributed by atoms with Crippen molar-refractivity contribution in [2.24, 2.45) is 0 Å². The first kappa shape index (κ1) is 13.3. The van der Waals surface area contributed by atoms with Gasteiger partial charge < -0.3 is 9.72 Å². The number of pyridine rings is 1. The van der Waals surface area contributed by atoms with Gasteiger partial charge in [0.15, 0.2) is 5.75 Å². The van der Waals surface area contributed by atoms with Crippen LogP contribution in [0, 0.1) is 3.57 Å². The Morgan fingerprint density at radius 3 is 2.95 bits per heavy atom. The molecule has 2 aromatic heterocycles. The molecule has 1 aromatic carbocycles. The minimum Gasteiger partial charge on any atom is -0.435 e. The highest BCUT2D eigenvalue weighted by Gasteiger charge is 2.12. The monoisotopic (exact) mass is 399 g/mol. The van der Waals surface area contributed by atoms with Gasteiger partial charge in [0, 0.05) is 11.6 Å². The zero-order valence-corrected chi connectivity index (χ0v) is 12.8. The second-order valence-electron chi connectivity index (χ2n) is 3.90. The first-order valence-electron chi connectivity index (χ1n) is 5.61. The van der Waals surface area contributed by atoms with Crippen LogP contribution in [0.25, 0.3) is 10.9 Å². The molecule has 3 rings (SSSR count). The number of rotatable bonds is 2. The number of ether oxygens (including phenoxy) is 1. The molecule has 7 heteroatoms. The topological polar surface area (TPSA) is 67.9 Å². The van der Waals surface area contributed by atoms with E-state index in [2.05, 4.69) is 15.0 Å². The number of halogens is 2. The van der Waals surface area contributed by atoms with Crippen LogP contribution in [0.3, 0.4) is 0 Å². The molecule has 0 saturated heterocycles. The van der Waals surface area contributed by atoms with E-state index < -0.39 is 0 Å². The highest BCUT2D eigenvalue weighted by atomic mass is 127. The quantitative estimate of drug-likeness (QED) is 0.671. The van der Waals surface area contributed by atoms with Crippen molar-refractivity contribution >= 4 is 45.1 Å². The van der Waals surface area contributed by atoms with E-state index in [0.29, 0.717) is 19.9 Å². The first-order valence-corrected chi connectivity index (χ1v) is 7.07. The Morgan fingerprint density at radius 2 is 2.10 bits per heavy atom. The van der Waals surface area contributed by atoms with Crippen molar-refractivity contribution in [3.63, 3.8) is 0 Å². The Balaban J connectivity index is 2.14. The zero-order valence-electron chi connectivity index (χ0n) is 9.93. The molecule has 0 radical (unpaired) electrons. The fourth-order valence-corrected chi connectivity index (χ4v) is 2.36. The van der Waals surface area contributed by atoms with Crippen molar-refractivity contribution in [3.8, 4) is 11.6 Å². The number of nitrogens with one attached hydrogen (secondary N) is 1. The molecule has 2 heterocycles. The lowest BCUT2D eigenvalue weighted by molar-refractivity contribution is 0.460. The van der Waals surface area contributed by atoms with Crippen LogP contribution in [0.2, 0.25) is 5.02 Å². The van der Waals surface area contributed by atoms with Gasteiger partial charge in [-0.3, -0.25) is 9.78 Å². The van der Waals surface area contributed by atoms with Gasteiger partial charge in [-0.25, -0.2) is 4.98 Å². The fourth-order valence-electron chi connectivity index (χ4n) is 1.74. The van der Waals surface area contributed by atoms with E-state index in [1.54, 1.807) is 24.4 Å². The average molecular weight is 400 g/mol. The standard InChI is InChI=1S/C13H7ClIN3O2/c14-8-3-4-9(11-7(8)2-1-5-16-11)20-13-10(15)12(19)17-6-18-13/h1-6H,(H,17,18,19). The van der Waals surface area contributed by atoms with E-state index in [0.717, 1.165) is 5.39 Å². The molecule has 5 nitrogen and oxygen atoms in total. The van der Waals surface area contributed by atoms with Crippen molar-refractivity contribution < 1.29 is 4.74 Å². The molecular formula is C13H7ClIN3O2. The molecule has 1 N–H and O–H groups in total. The third-order valence-corrected chi connectivity index (χ3v) is 3.93. The van der Waals surface area contributed by atoms with Crippen LogP contribution >= 0.6 is 34.2 Å². The maximum atomic E-state index is 11.5. The van der Waals surface area contributed by atoms with E-state index in [1.165, 1.54) is 6.33 Å². The zero-order chi connectivity index (χ0) is 14.1. The van der Waals surface area contributed by atoms with E-state index in [-0.39, 0.29) is 11.4 Å². The predicted molar refractivity (Wildman–Crippen MR) is 84.4 cm³/mol. The summed E-state index contributed by atoms with van der Waals surface area (Å²) >= 11 is 8.01. The molecule has 0 bridgehead atoms. The van der Waals surface area contributed by atoms with Crippen molar-refractivity contribution in [2.75, 3.05) is 0 Å². The SMILES string of the molecule is O=c1[nH]cnc(Oc2ccc(Cl)c3cccnc23)c1I. The summed E-state index contributed by atoms with van der Waals surface area (Å²) in [7, 11) is 0. The summed E-state index contributed by atoms with van der Waals surface area (Å²) in [4.78, 5) is 22.3. The van der Waals surface area contributed by atoms with E-state index in [4.69, 9.17) is 16.3 Å². The molecule has 0 saturated carbocycles. The summed E-state index contributed by atoms with van der Waals surface area (Å²) in [5.41, 5.74) is 0.375. The Kier molecular flexibility index (Phi) is 3.58. The van der Waals surface area contributed by atoms with E-state index in [1.807, 2.05) is 28.7 Å². The number of hydrogen-bond acceptors (Lipinski definition) is 4. The predicted octanol–water partition coefficient (Wildman–Crippen LogP) is 3.37. The molecule has 0 aliphatic carbocycles. The lowest BCUT2D eigenvalue weighted by atomic mass is 10.2. The largest absolute Gasteiger partial charge is 0.435 e. The summed E-state index contributed by atoms with van der Waals surface area (Å²) in [5, 5.41) is 1.38. The van der Waals surface area contributed by atoms with Crippen molar-refractivity contribution in [3.05, 3.63) is 55.7 Å². The number of benzene rings is 1. The maximum absolute atomic E-state index is 11.5. The highest BCUT2D eigenvalue weighted by Crippen LogP contribution is 2.32. The molecular weight excluding hydrogens is 393 g/mol. The van der Waals surface area contributed by atoms with Crippen LogP contribution in [0.15, 0.2) is 41.6 Å². The van der Waals surface area contributed by atoms with Gasteiger partial charge >= 0.3 is 0 Å². The van der Waals surface area contributed by atoms with E-state index >= 15 is 0 Å².